The van der Waals surface area contributed by atoms with Gasteiger partial charge in [-0.05, 0) is 47.3 Å². The molecule has 5 heterocycles. The number of imidazole rings is 2. The van der Waals surface area contributed by atoms with Gasteiger partial charge in [0.25, 0.3) is 6.71 Å². The number of benzene rings is 5. The Labute approximate surface area is 231 Å². The molecule has 0 N–H and O–H groups in total. The quantitative estimate of drug-likeness (QED) is 0.297. The van der Waals surface area contributed by atoms with E-state index in [1.165, 1.54) is 21.3 Å². The van der Waals surface area contributed by atoms with Crippen molar-refractivity contribution in [2.24, 2.45) is 0 Å². The fraction of sp³-hybridized carbons (Fsp3) is 0.0606. The number of aromatic nitrogens is 3. The molecule has 0 aliphatic carbocycles. The molecule has 0 fully saturated rings. The second-order valence-electron chi connectivity index (χ2n) is 11.6. The lowest BCUT2D eigenvalue weighted by molar-refractivity contribution is 0.464. The largest absolute Gasteiger partial charge is 0.458 e. The molecule has 0 saturated heterocycles. The van der Waals surface area contributed by atoms with E-state index in [0.717, 1.165) is 62.0 Å². The number of rotatable bonds is 1. The van der Waals surface area contributed by atoms with E-state index >= 15 is 0 Å². The summed E-state index contributed by atoms with van der Waals surface area (Å²) in [5.74, 6) is 4.52. The lowest BCUT2D eigenvalue weighted by Gasteiger charge is -2.43. The molecule has 0 atom stereocenters. The van der Waals surface area contributed by atoms with E-state index in [0.29, 0.717) is 0 Å². The molecular formula is C33H22BN3O2Si. The van der Waals surface area contributed by atoms with Crippen molar-refractivity contribution in [2.75, 3.05) is 0 Å². The van der Waals surface area contributed by atoms with Gasteiger partial charge in [0.2, 0.25) is 5.78 Å². The van der Waals surface area contributed by atoms with Crippen molar-refractivity contribution in [3.8, 4) is 28.7 Å². The third-order valence-corrected chi connectivity index (χ3v) is 12.8. The number of nitrogens with zero attached hydrogens (tertiary/aromatic N) is 3. The van der Waals surface area contributed by atoms with Gasteiger partial charge in [-0.25, -0.2) is 4.98 Å². The van der Waals surface area contributed by atoms with Crippen LogP contribution >= 0.6 is 0 Å². The highest BCUT2D eigenvalue weighted by Gasteiger charge is 2.50. The number of hydrogen-bond donors (Lipinski definition) is 0. The fourth-order valence-electron chi connectivity index (χ4n) is 7.54. The Bertz CT molecular complexity index is 2200. The van der Waals surface area contributed by atoms with Crippen LogP contribution in [-0.4, -0.2) is 28.7 Å². The lowest BCUT2D eigenvalue weighted by atomic mass is 9.34. The third kappa shape index (κ3) is 2.35. The topological polar surface area (TPSA) is 40.7 Å². The summed E-state index contributed by atoms with van der Waals surface area (Å²) in [5, 5.41) is 2.92. The fourth-order valence-corrected chi connectivity index (χ4v) is 10.7. The summed E-state index contributed by atoms with van der Waals surface area (Å²) in [7, 11) is -1.92. The van der Waals surface area contributed by atoms with Crippen molar-refractivity contribution in [3.63, 3.8) is 0 Å². The van der Waals surface area contributed by atoms with Gasteiger partial charge >= 0.3 is 0 Å². The first-order valence-corrected chi connectivity index (χ1v) is 16.8. The van der Waals surface area contributed by atoms with Gasteiger partial charge in [0, 0.05) is 17.6 Å². The van der Waals surface area contributed by atoms with Crippen molar-refractivity contribution in [3.05, 3.63) is 97.1 Å². The molecule has 0 unspecified atom stereocenters. The van der Waals surface area contributed by atoms with Gasteiger partial charge < -0.3 is 9.47 Å². The molecule has 3 aliphatic heterocycles. The highest BCUT2D eigenvalue weighted by Crippen LogP contribution is 2.39. The predicted octanol–water partition coefficient (Wildman–Crippen LogP) is 4.30. The molecule has 5 nitrogen and oxygen atoms in total. The SMILES string of the molecule is C[Si]1(C)c2cccc3c2B2c4c(cc(-n5c6ccccc6n6c7ccccc7nc56)cc4Oc4cccc1c42)O3. The molecule has 0 radical (unpaired) electrons. The van der Waals surface area contributed by atoms with E-state index in [2.05, 4.69) is 113 Å². The molecule has 188 valence electrons. The Kier molecular flexibility index (Phi) is 3.63. The van der Waals surface area contributed by atoms with Crippen LogP contribution in [0.15, 0.2) is 97.1 Å². The summed E-state index contributed by atoms with van der Waals surface area (Å²) in [6.07, 6.45) is 0. The van der Waals surface area contributed by atoms with Crippen LogP contribution in [0.25, 0.3) is 33.5 Å². The van der Waals surface area contributed by atoms with E-state index in [-0.39, 0.29) is 6.71 Å². The first-order chi connectivity index (χ1) is 19.6. The average Bonchev–Trinajstić information content (AvgIpc) is 3.50. The lowest BCUT2D eigenvalue weighted by Crippen LogP contribution is -2.78. The summed E-state index contributed by atoms with van der Waals surface area (Å²) < 4.78 is 18.0. The predicted molar refractivity (Wildman–Crippen MR) is 164 cm³/mol. The zero-order chi connectivity index (χ0) is 26.3. The molecule has 7 heteroatoms. The van der Waals surface area contributed by atoms with E-state index in [4.69, 9.17) is 14.5 Å². The second-order valence-corrected chi connectivity index (χ2v) is 15.9. The minimum absolute atomic E-state index is 0.120. The molecule has 40 heavy (non-hydrogen) atoms. The molecule has 5 aromatic carbocycles. The Morgan fingerprint density at radius 2 is 1.23 bits per heavy atom. The minimum Gasteiger partial charge on any atom is -0.458 e. The van der Waals surface area contributed by atoms with Crippen molar-refractivity contribution < 1.29 is 9.47 Å². The van der Waals surface area contributed by atoms with Crippen molar-refractivity contribution >= 4 is 69.4 Å². The van der Waals surface area contributed by atoms with E-state index in [1.54, 1.807) is 0 Å². The van der Waals surface area contributed by atoms with Crippen LogP contribution in [0.2, 0.25) is 13.1 Å². The highest BCUT2D eigenvalue weighted by molar-refractivity contribution is 7.15. The van der Waals surface area contributed by atoms with Crippen LogP contribution in [0.4, 0.5) is 0 Å². The zero-order valence-corrected chi connectivity index (χ0v) is 23.0. The van der Waals surface area contributed by atoms with Gasteiger partial charge in [-0.15, -0.1) is 0 Å². The number of hydrogen-bond acceptors (Lipinski definition) is 3. The summed E-state index contributed by atoms with van der Waals surface area (Å²) in [4.78, 5) is 5.08. The molecule has 0 saturated carbocycles. The highest BCUT2D eigenvalue weighted by atomic mass is 28.3. The Hall–Kier alpha value is -4.75. The summed E-state index contributed by atoms with van der Waals surface area (Å²) in [5.41, 5.74) is 9.04. The normalized spacial score (nSPS) is 15.3. The van der Waals surface area contributed by atoms with Crippen LogP contribution < -0.4 is 36.2 Å². The molecule has 0 spiro atoms. The van der Waals surface area contributed by atoms with Crippen molar-refractivity contribution in [1.82, 2.24) is 14.0 Å². The van der Waals surface area contributed by atoms with Gasteiger partial charge in [0.15, 0.2) is 0 Å². The smallest absolute Gasteiger partial charge is 0.260 e. The molecule has 10 rings (SSSR count). The first-order valence-electron chi connectivity index (χ1n) is 13.8. The van der Waals surface area contributed by atoms with Crippen molar-refractivity contribution in [1.29, 1.82) is 0 Å². The third-order valence-electron chi connectivity index (χ3n) is 9.24. The number of ether oxygens (including phenoxy) is 2. The first kappa shape index (κ1) is 21.1. The molecule has 2 aromatic heterocycles. The molecular weight excluding hydrogens is 509 g/mol. The van der Waals surface area contributed by atoms with Gasteiger partial charge in [-0.1, -0.05) is 72.0 Å². The van der Waals surface area contributed by atoms with Gasteiger partial charge in [-0.2, -0.15) is 0 Å². The molecule has 0 amide bonds. The molecule has 7 aromatic rings. The maximum Gasteiger partial charge on any atom is 0.260 e. The van der Waals surface area contributed by atoms with Crippen LogP contribution in [0.1, 0.15) is 0 Å². The summed E-state index contributed by atoms with van der Waals surface area (Å²) >= 11 is 0. The van der Waals surface area contributed by atoms with E-state index in [9.17, 15) is 0 Å². The van der Waals surface area contributed by atoms with Crippen molar-refractivity contribution in [2.45, 2.75) is 13.1 Å². The van der Waals surface area contributed by atoms with Crippen LogP contribution in [-0.2, 0) is 0 Å². The molecule has 3 aliphatic rings. The second kappa shape index (κ2) is 6.87. The van der Waals surface area contributed by atoms with Crippen LogP contribution in [0, 0.1) is 0 Å². The Morgan fingerprint density at radius 3 is 1.90 bits per heavy atom. The maximum atomic E-state index is 6.77. The summed E-state index contributed by atoms with van der Waals surface area (Å²) in [6, 6.07) is 34.4. The van der Waals surface area contributed by atoms with Gasteiger partial charge in [-0.3, -0.25) is 8.97 Å². The van der Waals surface area contributed by atoms with Gasteiger partial charge in [0.1, 0.15) is 31.1 Å². The Morgan fingerprint density at radius 1 is 0.625 bits per heavy atom. The van der Waals surface area contributed by atoms with Crippen LogP contribution in [0.5, 0.6) is 23.0 Å². The summed E-state index contributed by atoms with van der Waals surface area (Å²) in [6.45, 7) is 5.01. The monoisotopic (exact) mass is 531 g/mol. The average molecular weight is 531 g/mol. The van der Waals surface area contributed by atoms with E-state index in [1.807, 2.05) is 6.07 Å². The van der Waals surface area contributed by atoms with Gasteiger partial charge in [0.05, 0.1) is 27.8 Å². The number of para-hydroxylation sites is 4. The maximum absolute atomic E-state index is 6.77. The minimum atomic E-state index is -1.92. The standard InChI is InChI=1S/C33H22BN3O2Si/c1-40(2)28-15-7-13-24-31(28)34-30-26(38-24)17-19(18-27(30)39-25-14-8-16-29(40)32(25)34)36-22-11-5-6-12-23(22)37-21-10-4-3-9-20(21)35-33(36)37/h3-18H,1-2H3. The molecule has 0 bridgehead atoms. The van der Waals surface area contributed by atoms with Crippen LogP contribution in [0.3, 0.4) is 0 Å². The Balaban J connectivity index is 1.30. The zero-order valence-electron chi connectivity index (χ0n) is 22.0. The van der Waals surface area contributed by atoms with E-state index < -0.39 is 8.07 Å². The number of fused-ring (bicyclic) bond motifs is 5.